The highest BCUT2D eigenvalue weighted by atomic mass is 127. The van der Waals surface area contributed by atoms with Crippen LogP contribution < -0.4 is 14.8 Å². The molecule has 4 unspecified atom stereocenters. The molecule has 2 aliphatic rings. The number of benzene rings is 1. The Hall–Kier alpha value is -1.93. The van der Waals surface area contributed by atoms with Crippen LogP contribution in [0.25, 0.3) is 0 Å². The van der Waals surface area contributed by atoms with Gasteiger partial charge in [0.05, 0.1) is 36.0 Å². The summed E-state index contributed by atoms with van der Waals surface area (Å²) < 4.78 is 18.0. The van der Waals surface area contributed by atoms with Crippen molar-refractivity contribution < 1.29 is 39.1 Å². The van der Waals surface area contributed by atoms with E-state index in [4.69, 9.17) is 19.3 Å². The largest absolute Gasteiger partial charge is 0.493 e. The molecular weight excluding hydrogens is 571 g/mol. The van der Waals surface area contributed by atoms with E-state index in [1.807, 2.05) is 0 Å². The number of nitrogens with zero attached hydrogens (tertiary/aromatic N) is 1. The lowest BCUT2D eigenvalue weighted by Crippen LogP contribution is -2.56. The molecule has 10 nitrogen and oxygen atoms in total. The predicted octanol–water partition coefficient (Wildman–Crippen LogP) is 0.735. The molecule has 2 amide bonds. The van der Waals surface area contributed by atoms with Gasteiger partial charge in [0.15, 0.2) is 11.5 Å². The van der Waals surface area contributed by atoms with E-state index in [-0.39, 0.29) is 38.2 Å². The lowest BCUT2D eigenvalue weighted by atomic mass is 9.88. The summed E-state index contributed by atoms with van der Waals surface area (Å²) in [6.07, 6.45) is 1.18. The number of hydrogen-bond acceptors (Lipinski definition) is 8. The molecule has 194 valence electrons. The minimum absolute atomic E-state index is 0.0790. The van der Waals surface area contributed by atoms with Crippen LogP contribution in [0.3, 0.4) is 0 Å². The van der Waals surface area contributed by atoms with Crippen LogP contribution in [0.1, 0.15) is 31.7 Å². The first-order chi connectivity index (χ1) is 16.8. The van der Waals surface area contributed by atoms with Gasteiger partial charge < -0.3 is 39.7 Å². The second-order valence-corrected chi connectivity index (χ2v) is 9.75. The molecule has 4 N–H and O–H groups in total. The van der Waals surface area contributed by atoms with E-state index in [9.17, 15) is 19.8 Å². The Morgan fingerprint density at radius 3 is 2.69 bits per heavy atom. The highest BCUT2D eigenvalue weighted by Crippen LogP contribution is 2.37. The first-order valence-electron chi connectivity index (χ1n) is 11.6. The summed E-state index contributed by atoms with van der Waals surface area (Å²) in [5.41, 5.74) is 0.984. The maximum atomic E-state index is 12.8. The average Bonchev–Trinajstić information content (AvgIpc) is 3.36. The molecule has 1 saturated heterocycles. The van der Waals surface area contributed by atoms with Crippen molar-refractivity contribution in [1.29, 1.82) is 0 Å². The van der Waals surface area contributed by atoms with Crippen molar-refractivity contribution in [3.8, 4) is 11.5 Å². The standard InChI is InChI=1S/C24H33IN2O8/c1-14(30)27(12-17-4-3-7-34-17)19-10-16(24(32)26-5-6-28)11-20(22(19)31)35-23-18(25)8-15(13-29)9-21(23)33-2/h8-9,11,17,19-20,22,28-29,31H,3-7,10,12-13H2,1-2H3,(H,26,32). The van der Waals surface area contributed by atoms with Crippen LogP contribution >= 0.6 is 22.6 Å². The van der Waals surface area contributed by atoms with Gasteiger partial charge in [0.1, 0.15) is 12.2 Å². The second-order valence-electron chi connectivity index (χ2n) is 8.59. The number of aliphatic hydroxyl groups is 3. The molecule has 0 radical (unpaired) electrons. The summed E-state index contributed by atoms with van der Waals surface area (Å²) in [5, 5.41) is 32.6. The maximum Gasteiger partial charge on any atom is 0.247 e. The Morgan fingerprint density at radius 2 is 2.09 bits per heavy atom. The third kappa shape index (κ3) is 6.85. The Morgan fingerprint density at radius 1 is 1.31 bits per heavy atom. The van der Waals surface area contributed by atoms with Crippen LogP contribution in [0.15, 0.2) is 23.8 Å². The minimum Gasteiger partial charge on any atom is -0.493 e. The molecule has 0 saturated carbocycles. The zero-order valence-corrected chi connectivity index (χ0v) is 22.1. The molecule has 1 aromatic carbocycles. The minimum atomic E-state index is -1.13. The van der Waals surface area contributed by atoms with Crippen molar-refractivity contribution in [3.05, 3.63) is 32.9 Å². The fraction of sp³-hybridized carbons (Fsp3) is 0.583. The number of amides is 2. The van der Waals surface area contributed by atoms with Gasteiger partial charge in [0.2, 0.25) is 11.8 Å². The number of hydrogen-bond donors (Lipinski definition) is 4. The normalized spacial score (nSPS) is 24.0. The predicted molar refractivity (Wildman–Crippen MR) is 135 cm³/mol. The van der Waals surface area contributed by atoms with Gasteiger partial charge in [0, 0.05) is 38.6 Å². The molecule has 1 heterocycles. The first kappa shape index (κ1) is 27.7. The molecule has 11 heteroatoms. The van der Waals surface area contributed by atoms with Crippen molar-refractivity contribution in [2.75, 3.05) is 33.4 Å². The molecular formula is C24H33IN2O8. The molecule has 35 heavy (non-hydrogen) atoms. The Balaban J connectivity index is 1.95. The summed E-state index contributed by atoms with van der Waals surface area (Å²) in [6.45, 7) is 2.06. The average molecular weight is 604 g/mol. The molecule has 1 aliphatic heterocycles. The maximum absolute atomic E-state index is 12.8. The van der Waals surface area contributed by atoms with E-state index in [0.29, 0.717) is 39.4 Å². The van der Waals surface area contributed by atoms with Crippen molar-refractivity contribution in [2.45, 2.75) is 57.1 Å². The monoisotopic (exact) mass is 604 g/mol. The molecule has 0 bridgehead atoms. The topological polar surface area (TPSA) is 138 Å². The van der Waals surface area contributed by atoms with Gasteiger partial charge in [-0.05, 0) is 59.2 Å². The number of carbonyl (C=O) groups is 2. The Bertz CT molecular complexity index is 934. The number of methoxy groups -OCH3 is 1. The lowest BCUT2D eigenvalue weighted by Gasteiger charge is -2.41. The molecule has 0 spiro atoms. The van der Waals surface area contributed by atoms with E-state index in [1.54, 1.807) is 23.1 Å². The summed E-state index contributed by atoms with van der Waals surface area (Å²) in [6, 6.07) is 2.66. The Kier molecular flexibility index (Phi) is 10.2. The van der Waals surface area contributed by atoms with Crippen LogP contribution in [-0.4, -0.2) is 89.8 Å². The molecule has 4 atom stereocenters. The smallest absolute Gasteiger partial charge is 0.247 e. The molecule has 3 rings (SSSR count). The molecule has 1 aromatic rings. The zero-order valence-electron chi connectivity index (χ0n) is 19.9. The van der Waals surface area contributed by atoms with E-state index in [0.717, 1.165) is 12.8 Å². The van der Waals surface area contributed by atoms with Gasteiger partial charge in [0.25, 0.3) is 0 Å². The number of halogens is 1. The number of aliphatic hydroxyl groups excluding tert-OH is 3. The lowest BCUT2D eigenvalue weighted by molar-refractivity contribution is -0.138. The van der Waals surface area contributed by atoms with Crippen molar-refractivity contribution in [3.63, 3.8) is 0 Å². The number of ether oxygens (including phenoxy) is 3. The highest BCUT2D eigenvalue weighted by molar-refractivity contribution is 14.1. The van der Waals surface area contributed by atoms with Gasteiger partial charge in [-0.2, -0.15) is 0 Å². The zero-order chi connectivity index (χ0) is 25.5. The number of nitrogens with one attached hydrogen (secondary N) is 1. The highest BCUT2D eigenvalue weighted by Gasteiger charge is 2.41. The van der Waals surface area contributed by atoms with Crippen LogP contribution in [0.4, 0.5) is 0 Å². The summed E-state index contributed by atoms with van der Waals surface area (Å²) >= 11 is 2.05. The van der Waals surface area contributed by atoms with Gasteiger partial charge in [-0.1, -0.05) is 0 Å². The summed E-state index contributed by atoms with van der Waals surface area (Å²) in [5.74, 6) is 0.0924. The number of rotatable bonds is 10. The van der Waals surface area contributed by atoms with Gasteiger partial charge in [-0.3, -0.25) is 9.59 Å². The van der Waals surface area contributed by atoms with Gasteiger partial charge in [-0.15, -0.1) is 0 Å². The third-order valence-corrected chi connectivity index (χ3v) is 6.97. The van der Waals surface area contributed by atoms with Crippen molar-refractivity contribution >= 4 is 34.4 Å². The van der Waals surface area contributed by atoms with E-state index < -0.39 is 24.2 Å². The fourth-order valence-electron chi connectivity index (χ4n) is 4.40. The van der Waals surface area contributed by atoms with Crippen LogP contribution in [0.2, 0.25) is 0 Å². The SMILES string of the molecule is COc1cc(CO)cc(I)c1OC1C=C(C(=O)NCCO)CC(N(CC2CCCO2)C(C)=O)C1O. The van der Waals surface area contributed by atoms with Crippen LogP contribution in [0, 0.1) is 3.57 Å². The van der Waals surface area contributed by atoms with Gasteiger partial charge >= 0.3 is 0 Å². The van der Waals surface area contributed by atoms with Crippen molar-refractivity contribution in [2.24, 2.45) is 0 Å². The van der Waals surface area contributed by atoms with Crippen molar-refractivity contribution in [1.82, 2.24) is 10.2 Å². The van der Waals surface area contributed by atoms with Crippen LogP contribution in [0.5, 0.6) is 11.5 Å². The third-order valence-electron chi connectivity index (χ3n) is 6.17. The van der Waals surface area contributed by atoms with Gasteiger partial charge in [-0.25, -0.2) is 0 Å². The van der Waals surface area contributed by atoms with E-state index in [2.05, 4.69) is 27.9 Å². The quantitative estimate of drug-likeness (QED) is 0.287. The molecule has 1 fully saturated rings. The number of carbonyl (C=O) groups excluding carboxylic acids is 2. The fourth-order valence-corrected chi connectivity index (χ4v) is 5.19. The molecule has 0 aromatic heterocycles. The molecule has 1 aliphatic carbocycles. The first-order valence-corrected chi connectivity index (χ1v) is 12.7. The Labute approximate surface area is 218 Å². The van der Waals surface area contributed by atoms with E-state index in [1.165, 1.54) is 14.0 Å². The van der Waals surface area contributed by atoms with Crippen LogP contribution in [-0.2, 0) is 20.9 Å². The second kappa shape index (κ2) is 12.9. The summed E-state index contributed by atoms with van der Waals surface area (Å²) in [7, 11) is 1.47. The summed E-state index contributed by atoms with van der Waals surface area (Å²) in [4.78, 5) is 27.0. The van der Waals surface area contributed by atoms with E-state index >= 15 is 0 Å².